The van der Waals surface area contributed by atoms with Crippen LogP contribution in [0.4, 0.5) is 5.69 Å². The van der Waals surface area contributed by atoms with E-state index in [-0.39, 0.29) is 22.5 Å². The van der Waals surface area contributed by atoms with Crippen LogP contribution in [0.2, 0.25) is 0 Å². The van der Waals surface area contributed by atoms with Crippen LogP contribution in [0.15, 0.2) is 18.2 Å². The van der Waals surface area contributed by atoms with Gasteiger partial charge in [-0.3, -0.25) is 4.79 Å². The molecule has 0 radical (unpaired) electrons. The van der Waals surface area contributed by atoms with E-state index in [1.165, 1.54) is 31.7 Å². The molecule has 1 amide bonds. The summed E-state index contributed by atoms with van der Waals surface area (Å²) >= 11 is 5.15. The summed E-state index contributed by atoms with van der Waals surface area (Å²) in [4.78, 5) is 23.2. The van der Waals surface area contributed by atoms with Gasteiger partial charge in [0.1, 0.15) is 5.75 Å². The van der Waals surface area contributed by atoms with Crippen molar-refractivity contribution in [3.63, 3.8) is 0 Å². The largest absolute Gasteiger partial charge is 0.495 e. The van der Waals surface area contributed by atoms with Gasteiger partial charge in [-0.25, -0.2) is 4.79 Å². The Bertz CT molecular complexity index is 612. The van der Waals surface area contributed by atoms with Gasteiger partial charge in [-0.1, -0.05) is 19.3 Å². The highest BCUT2D eigenvalue weighted by Gasteiger charge is 2.22. The van der Waals surface area contributed by atoms with E-state index in [1.807, 2.05) is 0 Å². The highest BCUT2D eigenvalue weighted by atomic mass is 32.1. The van der Waals surface area contributed by atoms with Crippen LogP contribution in [0.25, 0.3) is 0 Å². The van der Waals surface area contributed by atoms with Gasteiger partial charge in [0.15, 0.2) is 5.11 Å². The van der Waals surface area contributed by atoms with Crippen LogP contribution in [0.1, 0.15) is 42.5 Å². The molecule has 2 rings (SSSR count). The van der Waals surface area contributed by atoms with Crippen molar-refractivity contribution in [2.24, 2.45) is 5.92 Å². The normalized spacial score (nSPS) is 14.8. The summed E-state index contributed by atoms with van der Waals surface area (Å²) in [6.07, 6.45) is 5.06. The van der Waals surface area contributed by atoms with Gasteiger partial charge >= 0.3 is 5.97 Å². The molecule has 0 atom stereocenters. The molecule has 124 valence electrons. The lowest BCUT2D eigenvalue weighted by molar-refractivity contribution is -0.124. The van der Waals surface area contributed by atoms with Gasteiger partial charge in [-0.05, 0) is 43.3 Å². The molecule has 1 aromatic rings. The number of benzene rings is 1. The van der Waals surface area contributed by atoms with Gasteiger partial charge in [-0.15, -0.1) is 0 Å². The fourth-order valence-corrected chi connectivity index (χ4v) is 2.88. The van der Waals surface area contributed by atoms with Crippen LogP contribution in [-0.2, 0) is 4.79 Å². The molecule has 6 nitrogen and oxygen atoms in total. The molecule has 0 saturated heterocycles. The second-order valence-corrected chi connectivity index (χ2v) is 5.91. The first-order valence-corrected chi connectivity index (χ1v) is 7.95. The molecule has 1 aliphatic rings. The zero-order chi connectivity index (χ0) is 16.8. The molecule has 23 heavy (non-hydrogen) atoms. The lowest BCUT2D eigenvalue weighted by atomic mass is 9.89. The molecular formula is C16H20N2O4S. The highest BCUT2D eigenvalue weighted by molar-refractivity contribution is 7.80. The van der Waals surface area contributed by atoms with Crippen molar-refractivity contribution in [3.8, 4) is 5.75 Å². The summed E-state index contributed by atoms with van der Waals surface area (Å²) in [6, 6.07) is 4.40. The number of thiocarbonyl (C=S) groups is 1. The first-order chi connectivity index (χ1) is 11.0. The monoisotopic (exact) mass is 336 g/mol. The molecule has 0 aromatic heterocycles. The van der Waals surface area contributed by atoms with Crippen molar-refractivity contribution in [2.75, 3.05) is 12.4 Å². The first-order valence-electron chi connectivity index (χ1n) is 7.54. The zero-order valence-corrected chi connectivity index (χ0v) is 13.7. The molecule has 0 unspecified atom stereocenters. The number of carboxylic acid groups (broad SMARTS) is 1. The maximum atomic E-state index is 12.2. The molecular weight excluding hydrogens is 316 g/mol. The van der Waals surface area contributed by atoms with E-state index in [0.717, 1.165) is 25.7 Å². The Morgan fingerprint density at radius 3 is 2.57 bits per heavy atom. The fourth-order valence-electron chi connectivity index (χ4n) is 2.67. The second kappa shape index (κ2) is 7.92. The highest BCUT2D eigenvalue weighted by Crippen LogP contribution is 2.26. The van der Waals surface area contributed by atoms with Crippen LogP contribution in [0.3, 0.4) is 0 Å². The lowest BCUT2D eigenvalue weighted by Gasteiger charge is -2.21. The van der Waals surface area contributed by atoms with Gasteiger partial charge in [-0.2, -0.15) is 0 Å². The molecule has 0 heterocycles. The molecule has 1 fully saturated rings. The Balaban J connectivity index is 2.02. The second-order valence-electron chi connectivity index (χ2n) is 5.50. The molecule has 0 bridgehead atoms. The Morgan fingerprint density at radius 1 is 1.26 bits per heavy atom. The molecule has 0 spiro atoms. The molecule has 0 aliphatic heterocycles. The average Bonchev–Trinajstić information content (AvgIpc) is 2.55. The number of carbonyl (C=O) groups excluding carboxylic acids is 1. The lowest BCUT2D eigenvalue weighted by Crippen LogP contribution is -2.39. The van der Waals surface area contributed by atoms with Crippen LogP contribution in [0, 0.1) is 5.92 Å². The van der Waals surface area contributed by atoms with Crippen LogP contribution in [0.5, 0.6) is 5.75 Å². The Hall–Kier alpha value is -2.15. The maximum absolute atomic E-state index is 12.2. The number of nitrogens with one attached hydrogen (secondary N) is 2. The third kappa shape index (κ3) is 4.66. The topological polar surface area (TPSA) is 87.7 Å². The minimum absolute atomic E-state index is 0.00394. The number of carbonyl (C=O) groups is 2. The van der Waals surface area contributed by atoms with E-state index >= 15 is 0 Å². The molecule has 7 heteroatoms. The van der Waals surface area contributed by atoms with E-state index in [4.69, 9.17) is 22.1 Å². The number of rotatable bonds is 4. The van der Waals surface area contributed by atoms with Gasteiger partial charge in [0, 0.05) is 5.92 Å². The summed E-state index contributed by atoms with van der Waals surface area (Å²) < 4.78 is 5.17. The summed E-state index contributed by atoms with van der Waals surface area (Å²) in [5, 5.41) is 14.7. The maximum Gasteiger partial charge on any atom is 0.335 e. The standard InChI is InChI=1S/C16H20N2O4S/c1-22-13-8-7-11(15(20)21)9-12(13)17-16(23)18-14(19)10-5-3-2-4-6-10/h7-10H,2-6H2,1H3,(H,20,21)(H2,17,18,19,23). The van der Waals surface area contributed by atoms with E-state index in [0.29, 0.717) is 11.4 Å². The van der Waals surface area contributed by atoms with E-state index in [1.54, 1.807) is 0 Å². The average molecular weight is 336 g/mol. The molecule has 1 aromatic carbocycles. The Morgan fingerprint density at radius 2 is 1.96 bits per heavy atom. The van der Waals surface area contributed by atoms with Crippen molar-refractivity contribution in [2.45, 2.75) is 32.1 Å². The number of amides is 1. The number of methoxy groups -OCH3 is 1. The third-order valence-electron chi connectivity index (χ3n) is 3.91. The van der Waals surface area contributed by atoms with Gasteiger partial charge < -0.3 is 20.5 Å². The Labute approximate surface area is 140 Å². The summed E-state index contributed by atoms with van der Waals surface area (Å²) in [6.45, 7) is 0. The molecule has 3 N–H and O–H groups in total. The quantitative estimate of drug-likeness (QED) is 0.733. The third-order valence-corrected chi connectivity index (χ3v) is 4.11. The Kier molecular flexibility index (Phi) is 5.92. The van der Waals surface area contributed by atoms with Crippen molar-refractivity contribution in [1.29, 1.82) is 0 Å². The van der Waals surface area contributed by atoms with Crippen molar-refractivity contribution >= 4 is 34.9 Å². The van der Waals surface area contributed by atoms with E-state index in [9.17, 15) is 9.59 Å². The van der Waals surface area contributed by atoms with Crippen molar-refractivity contribution in [3.05, 3.63) is 23.8 Å². The van der Waals surface area contributed by atoms with Crippen LogP contribution >= 0.6 is 12.2 Å². The number of aromatic carboxylic acids is 1. The fraction of sp³-hybridized carbons (Fsp3) is 0.438. The van der Waals surface area contributed by atoms with Crippen molar-refractivity contribution < 1.29 is 19.4 Å². The summed E-state index contributed by atoms with van der Waals surface area (Å²) in [5.74, 6) is -0.691. The van der Waals surface area contributed by atoms with Gasteiger partial charge in [0.25, 0.3) is 0 Å². The number of hydrogen-bond acceptors (Lipinski definition) is 4. The van der Waals surface area contributed by atoms with Gasteiger partial charge in [0.2, 0.25) is 5.91 Å². The minimum atomic E-state index is -1.05. The minimum Gasteiger partial charge on any atom is -0.495 e. The van der Waals surface area contributed by atoms with Crippen molar-refractivity contribution in [1.82, 2.24) is 5.32 Å². The SMILES string of the molecule is COc1ccc(C(=O)O)cc1NC(=S)NC(=O)C1CCCCC1. The van der Waals surface area contributed by atoms with Crippen LogP contribution in [-0.4, -0.2) is 29.2 Å². The number of ether oxygens (including phenoxy) is 1. The number of anilines is 1. The van der Waals surface area contributed by atoms with Crippen LogP contribution < -0.4 is 15.4 Å². The predicted octanol–water partition coefficient (Wildman–Crippen LogP) is 2.79. The predicted molar refractivity (Wildman–Crippen MR) is 90.9 cm³/mol. The number of carboxylic acids is 1. The van der Waals surface area contributed by atoms with E-state index < -0.39 is 5.97 Å². The van der Waals surface area contributed by atoms with Gasteiger partial charge in [0.05, 0.1) is 18.4 Å². The molecule has 1 aliphatic carbocycles. The smallest absolute Gasteiger partial charge is 0.335 e. The number of hydrogen-bond donors (Lipinski definition) is 3. The summed E-state index contributed by atoms with van der Waals surface area (Å²) in [5.41, 5.74) is 0.510. The first kappa shape index (κ1) is 17.2. The molecule has 1 saturated carbocycles. The summed E-state index contributed by atoms with van der Waals surface area (Å²) in [7, 11) is 1.48. The zero-order valence-electron chi connectivity index (χ0n) is 12.9. The van der Waals surface area contributed by atoms with E-state index in [2.05, 4.69) is 10.6 Å².